The highest BCUT2D eigenvalue weighted by Gasteiger charge is 2.55. The fourth-order valence-corrected chi connectivity index (χ4v) is 15.3. The van der Waals surface area contributed by atoms with Crippen LogP contribution in [0.25, 0.3) is 0 Å². The SMILES string of the molecule is C=CCc1cc(C2(c3cc(CC=C)c(OCC4CO4)c(CC=C)c3)c3ccccc3C3C=CC=CC32)ccc1OCC1CO1.CCCCc1cc(C2(c3cc(CCCC)c(OCC4CO4)c(CCCC)c3)c3ccccc3C3C=CC=CC32)ccc1OCC1CO1. The van der Waals surface area contributed by atoms with Crippen LogP contribution in [-0.4, -0.2) is 77.3 Å². The number of epoxide rings is 4. The molecule has 0 N–H and O–H groups in total. The summed E-state index contributed by atoms with van der Waals surface area (Å²) < 4.78 is 47.8. The highest BCUT2D eigenvalue weighted by molar-refractivity contribution is 5.68. The summed E-state index contributed by atoms with van der Waals surface area (Å²) in [5, 5.41) is 0. The molecule has 10 unspecified atom stereocenters. The van der Waals surface area contributed by atoms with Crippen molar-refractivity contribution >= 4 is 0 Å². The van der Waals surface area contributed by atoms with E-state index in [1.165, 1.54) is 61.2 Å². The predicted octanol–water partition coefficient (Wildman–Crippen LogP) is 17.0. The van der Waals surface area contributed by atoms with Crippen molar-refractivity contribution in [2.24, 2.45) is 11.8 Å². The van der Waals surface area contributed by atoms with E-state index in [0.717, 1.165) is 130 Å². The second kappa shape index (κ2) is 28.2. The van der Waals surface area contributed by atoms with Crippen molar-refractivity contribution in [2.75, 3.05) is 52.9 Å². The number of unbranched alkanes of at least 4 members (excludes halogenated alkanes) is 3. The van der Waals surface area contributed by atoms with Crippen molar-refractivity contribution in [1.82, 2.24) is 0 Å². The van der Waals surface area contributed by atoms with Crippen molar-refractivity contribution < 1.29 is 37.9 Å². The first-order chi connectivity index (χ1) is 44.8. The molecule has 8 aliphatic rings. The van der Waals surface area contributed by atoms with Gasteiger partial charge < -0.3 is 37.9 Å². The summed E-state index contributed by atoms with van der Waals surface area (Å²) in [6.45, 7) is 24.7. The van der Waals surface area contributed by atoms with Crippen molar-refractivity contribution in [2.45, 2.75) is 145 Å². The van der Waals surface area contributed by atoms with Crippen LogP contribution in [0.5, 0.6) is 23.0 Å². The molecule has 0 amide bonds. The maximum Gasteiger partial charge on any atom is 0.126 e. The molecular weight excluding hydrogens is 1120 g/mol. The molecule has 0 saturated carbocycles. The van der Waals surface area contributed by atoms with E-state index in [1.807, 2.05) is 18.2 Å². The third-order valence-electron chi connectivity index (χ3n) is 20.0. The molecular formula is C83H92O8. The molecule has 472 valence electrons. The van der Waals surface area contributed by atoms with Crippen LogP contribution in [0.3, 0.4) is 0 Å². The van der Waals surface area contributed by atoms with Crippen molar-refractivity contribution in [1.29, 1.82) is 0 Å². The van der Waals surface area contributed by atoms with E-state index >= 15 is 0 Å². The van der Waals surface area contributed by atoms with Gasteiger partial charge in [-0.1, -0.05) is 204 Å². The fourth-order valence-electron chi connectivity index (χ4n) is 15.3. The molecule has 0 aromatic heterocycles. The van der Waals surface area contributed by atoms with Crippen LogP contribution in [0.2, 0.25) is 0 Å². The van der Waals surface area contributed by atoms with Gasteiger partial charge in [-0.3, -0.25) is 0 Å². The summed E-state index contributed by atoms with van der Waals surface area (Å²) in [6, 6.07) is 41.9. The topological polar surface area (TPSA) is 87.0 Å². The highest BCUT2D eigenvalue weighted by atomic mass is 16.6. The Bertz CT molecular complexity index is 3660. The third kappa shape index (κ3) is 12.9. The number of aryl methyl sites for hydroxylation is 3. The van der Waals surface area contributed by atoms with E-state index in [4.69, 9.17) is 37.9 Å². The summed E-state index contributed by atoms with van der Waals surface area (Å²) >= 11 is 0. The minimum atomic E-state index is -0.444. The second-order valence-corrected chi connectivity index (χ2v) is 26.2. The molecule has 4 heterocycles. The molecule has 6 aromatic rings. The van der Waals surface area contributed by atoms with Crippen LogP contribution in [0.15, 0.2) is 196 Å². The normalized spacial score (nSPS) is 25.3. The van der Waals surface area contributed by atoms with E-state index in [1.54, 1.807) is 0 Å². The molecule has 8 nitrogen and oxygen atoms in total. The Kier molecular flexibility index (Phi) is 19.3. The number of fused-ring (bicyclic) bond motifs is 6. The molecule has 4 fully saturated rings. The minimum absolute atomic E-state index is 0.173. The Labute approximate surface area is 541 Å². The lowest BCUT2D eigenvalue weighted by Crippen LogP contribution is -2.35. The van der Waals surface area contributed by atoms with Gasteiger partial charge in [0.15, 0.2) is 0 Å². The molecule has 0 bridgehead atoms. The quantitative estimate of drug-likeness (QED) is 0.0314. The van der Waals surface area contributed by atoms with E-state index in [0.29, 0.717) is 45.2 Å². The second-order valence-electron chi connectivity index (χ2n) is 26.2. The van der Waals surface area contributed by atoms with Gasteiger partial charge >= 0.3 is 0 Å². The Balaban J connectivity index is 0.000000167. The van der Waals surface area contributed by atoms with Gasteiger partial charge in [0.2, 0.25) is 0 Å². The zero-order valence-corrected chi connectivity index (χ0v) is 53.9. The Morgan fingerprint density at radius 1 is 0.407 bits per heavy atom. The van der Waals surface area contributed by atoms with Gasteiger partial charge in [0.25, 0.3) is 0 Å². The van der Waals surface area contributed by atoms with Crippen LogP contribution in [0.1, 0.15) is 149 Å². The smallest absolute Gasteiger partial charge is 0.126 e. The van der Waals surface area contributed by atoms with Gasteiger partial charge in [-0.2, -0.15) is 0 Å². The van der Waals surface area contributed by atoms with Crippen LogP contribution in [-0.2, 0) is 68.3 Å². The van der Waals surface area contributed by atoms with E-state index in [2.05, 4.69) is 198 Å². The van der Waals surface area contributed by atoms with Gasteiger partial charge in [-0.05, 0) is 148 Å². The monoisotopic (exact) mass is 1220 g/mol. The molecule has 4 aliphatic carbocycles. The van der Waals surface area contributed by atoms with Crippen molar-refractivity contribution in [3.63, 3.8) is 0 Å². The number of hydrogen-bond acceptors (Lipinski definition) is 8. The van der Waals surface area contributed by atoms with Crippen LogP contribution >= 0.6 is 0 Å². The van der Waals surface area contributed by atoms with Gasteiger partial charge in [0.1, 0.15) is 73.8 Å². The molecule has 8 heteroatoms. The summed E-state index contributed by atoms with van der Waals surface area (Å²) in [5.74, 6) is 4.97. The average molecular weight is 1220 g/mol. The lowest BCUT2D eigenvalue weighted by molar-refractivity contribution is 0.258. The van der Waals surface area contributed by atoms with Crippen LogP contribution in [0, 0.1) is 11.8 Å². The van der Waals surface area contributed by atoms with Gasteiger partial charge in [-0.15, -0.1) is 19.7 Å². The molecule has 4 aliphatic heterocycles. The van der Waals surface area contributed by atoms with E-state index in [-0.39, 0.29) is 47.6 Å². The van der Waals surface area contributed by atoms with Gasteiger partial charge in [0.05, 0.1) is 37.3 Å². The summed E-state index contributed by atoms with van der Waals surface area (Å²) in [6.07, 6.45) is 37.4. The number of rotatable bonds is 31. The molecule has 6 aromatic carbocycles. The first-order valence-corrected chi connectivity index (χ1v) is 34.1. The maximum atomic E-state index is 6.67. The number of benzene rings is 6. The zero-order valence-electron chi connectivity index (χ0n) is 53.9. The van der Waals surface area contributed by atoms with Crippen molar-refractivity contribution in [3.05, 3.63) is 274 Å². The average Bonchev–Trinajstić information content (AvgIpc) is 1.64. The number of allylic oxidation sites excluding steroid dienone is 11. The Morgan fingerprint density at radius 3 is 1.19 bits per heavy atom. The van der Waals surface area contributed by atoms with Crippen molar-refractivity contribution in [3.8, 4) is 23.0 Å². The summed E-state index contributed by atoms with van der Waals surface area (Å²) in [7, 11) is 0. The first-order valence-electron chi connectivity index (χ1n) is 34.1. The number of hydrogen-bond donors (Lipinski definition) is 0. The molecule has 0 radical (unpaired) electrons. The van der Waals surface area contributed by atoms with E-state index < -0.39 is 5.41 Å². The minimum Gasteiger partial charge on any atom is -0.491 e. The van der Waals surface area contributed by atoms with E-state index in [9.17, 15) is 0 Å². The molecule has 10 atom stereocenters. The maximum absolute atomic E-state index is 6.67. The van der Waals surface area contributed by atoms with Gasteiger partial charge in [0, 0.05) is 23.7 Å². The van der Waals surface area contributed by atoms with Gasteiger partial charge in [-0.25, -0.2) is 0 Å². The molecule has 14 rings (SSSR count). The predicted molar refractivity (Wildman–Crippen MR) is 366 cm³/mol. The third-order valence-corrected chi connectivity index (χ3v) is 20.0. The summed E-state index contributed by atoms with van der Waals surface area (Å²) in [5.41, 5.74) is 17.5. The van der Waals surface area contributed by atoms with Crippen LogP contribution in [0.4, 0.5) is 0 Å². The first kappa shape index (κ1) is 62.4. The molecule has 4 saturated heterocycles. The fraction of sp³-hybridized carbons (Fsp3) is 0.398. The van der Waals surface area contributed by atoms with Crippen LogP contribution < -0.4 is 18.9 Å². The zero-order chi connectivity index (χ0) is 62.3. The summed E-state index contributed by atoms with van der Waals surface area (Å²) in [4.78, 5) is 0. The highest BCUT2D eigenvalue weighted by Crippen LogP contribution is 2.62. The number of ether oxygens (including phenoxy) is 8. The molecule has 0 spiro atoms. The standard InChI is InChI=1S/C43H52O4.C40H40O4/c1-4-7-14-30-23-33(21-22-41(30)46-28-35-26-44-35)43(39-19-12-10-17-37(39)38-18-11-13-20-40(38)43)34-24-31(15-8-5-2)42(47-29-36-27-45-36)32(25-34)16-9-6-3;1-4-11-27-20-30(18-19-38(27)43-25-32-23-41-32)40(36-16-9-7-14-34(36)35-15-8-10-17-37(35)40)31-21-28(12-5-2)39(29(22-31)13-6-3)44-26-33-24-42-33/h10-13,17-25,35-37,39H,4-9,14-16,26-29H2,1-3H3;4-10,14-22,32-34,36H,1-3,11-13,23-26H2. The Morgan fingerprint density at radius 2 is 0.758 bits per heavy atom. The lowest BCUT2D eigenvalue weighted by Gasteiger charge is -2.40. The lowest BCUT2D eigenvalue weighted by atomic mass is 9.62. The molecule has 91 heavy (non-hydrogen) atoms. The Hall–Kier alpha value is -7.46. The largest absolute Gasteiger partial charge is 0.491 e.